The van der Waals surface area contributed by atoms with Crippen LogP contribution in [0.5, 0.6) is 5.75 Å². The van der Waals surface area contributed by atoms with E-state index in [2.05, 4.69) is 64.7 Å². The Morgan fingerprint density at radius 2 is 1.74 bits per heavy atom. The van der Waals surface area contributed by atoms with Crippen molar-refractivity contribution in [1.82, 2.24) is 31.6 Å². The molecule has 0 saturated carbocycles. The summed E-state index contributed by atoms with van der Waals surface area (Å²) < 4.78 is 29.6. The second-order valence-corrected chi connectivity index (χ2v) is 22.9. The average Bonchev–Trinajstić information content (AvgIpc) is 1.71. The number of nitrogens with one attached hydrogen (secondary N) is 7. The summed E-state index contributed by atoms with van der Waals surface area (Å²) in [5.74, 6) is -3.12. The lowest BCUT2D eigenvalue weighted by molar-refractivity contribution is -0.142. The molecule has 462 valence electrons. The molecule has 0 unspecified atom stereocenters. The number of methoxy groups -OCH3 is 2. The molecule has 9 atom stereocenters. The van der Waals surface area contributed by atoms with Crippen LogP contribution >= 0.6 is 27.5 Å². The van der Waals surface area contributed by atoms with E-state index >= 15 is 0 Å². The second kappa shape index (κ2) is 30.2. The van der Waals surface area contributed by atoms with Crippen LogP contribution in [0, 0.1) is 11.8 Å². The van der Waals surface area contributed by atoms with E-state index < -0.39 is 96.1 Å². The fourth-order valence-corrected chi connectivity index (χ4v) is 10.8. The van der Waals surface area contributed by atoms with Gasteiger partial charge in [-0.15, -0.1) is 0 Å². The third-order valence-electron chi connectivity index (χ3n) is 15.2. The Bertz CT molecular complexity index is 3060. The molecule has 3 aromatic rings. The molecular weight excluding hydrogens is 1190 g/mol. The van der Waals surface area contributed by atoms with E-state index in [9.17, 15) is 43.5 Å². The highest BCUT2D eigenvalue weighted by Crippen LogP contribution is 2.49. The first-order chi connectivity index (χ1) is 40.3. The number of alkyl carbamates (subject to hydrolysis) is 1. The molecular formula is C59H78BrClN10O14. The van der Waals surface area contributed by atoms with Crippen molar-refractivity contribution in [3.8, 4) is 5.75 Å². The van der Waals surface area contributed by atoms with E-state index in [0.29, 0.717) is 60.0 Å². The fourth-order valence-electron chi connectivity index (χ4n) is 10.3. The van der Waals surface area contributed by atoms with E-state index in [1.165, 1.54) is 44.5 Å². The number of nitrogens with zero attached hydrogens (tertiary/aromatic N) is 2. The van der Waals surface area contributed by atoms with Gasteiger partial charge in [-0.05, 0) is 93.8 Å². The predicted molar refractivity (Wildman–Crippen MR) is 323 cm³/mol. The Labute approximate surface area is 507 Å². The molecule has 2 aromatic carbocycles. The summed E-state index contributed by atoms with van der Waals surface area (Å²) in [6.45, 7) is 13.0. The van der Waals surface area contributed by atoms with Crippen molar-refractivity contribution in [3.63, 3.8) is 0 Å². The number of anilines is 3. The first-order valence-electron chi connectivity index (χ1n) is 28.0. The number of alkyl halides is 1. The molecule has 4 bridgehead atoms. The lowest BCUT2D eigenvalue weighted by Crippen LogP contribution is -2.63. The van der Waals surface area contributed by atoms with Gasteiger partial charge in [-0.3, -0.25) is 39.6 Å². The number of carbonyl (C=O) groups is 8. The SMILES string of the molecule is C=C(CBr)C(=O)NCCCCCC(=O)N[C@H](C(=O)N[C@@H](CCCNC(N)=O)C(=O)Nc1ccc(NC(=O)O[C@H]2CC(=O)N(C)c3cc(cc(OC)c3Cl)C/C(C)=C/C=C/[C@@H](OC)[C@@]3(O)C[C@H](OC(=O)N3)[C@@H](C)[C@@H]3O[C@@]23C)c2cccnc12)C(C)C. The molecule has 10 N–H and O–H groups in total. The van der Waals surface area contributed by atoms with Gasteiger partial charge in [-0.1, -0.05) is 85.1 Å². The first-order valence-corrected chi connectivity index (χ1v) is 29.5. The van der Waals surface area contributed by atoms with Crippen LogP contribution in [0.25, 0.3) is 10.9 Å². The number of amides is 9. The zero-order valence-electron chi connectivity index (χ0n) is 49.1. The van der Waals surface area contributed by atoms with Gasteiger partial charge in [-0.25, -0.2) is 14.4 Å². The van der Waals surface area contributed by atoms with Gasteiger partial charge >= 0.3 is 18.2 Å². The van der Waals surface area contributed by atoms with Gasteiger partial charge in [0.25, 0.3) is 0 Å². The van der Waals surface area contributed by atoms with Gasteiger partial charge in [0, 0.05) is 68.5 Å². The summed E-state index contributed by atoms with van der Waals surface area (Å²) in [5.41, 5.74) is 5.00. The highest BCUT2D eigenvalue weighted by molar-refractivity contribution is 9.09. The fraction of sp³-hybridized carbons (Fsp3) is 0.508. The number of aliphatic hydroxyl groups is 1. The highest BCUT2D eigenvalue weighted by Gasteiger charge is 2.64. The summed E-state index contributed by atoms with van der Waals surface area (Å²) >= 11 is 10.1. The molecule has 85 heavy (non-hydrogen) atoms. The molecule has 3 aliphatic heterocycles. The third-order valence-corrected chi connectivity index (χ3v) is 16.2. The standard InChI is InChI=1S/C59H78BrClN10O14/c1-32(2)49(69-46(72)20-11-10-12-23-64-52(74)34(4)31-60)54(76)67-40(18-15-25-65-55(62)77)53(75)66-39-22-21-38(37-17-14-24-63-50(37)39)68-56(78)84-45-29-47(73)71(7)41-27-36(28-42(81-8)48(41)61)26-33(3)16-13-19-44(82-9)59(80)30-43(83-57(79)70-59)35(5)51-58(45,6)85-51/h13-14,16-17,19,21-22,24,27-28,32,35,40,43-45,49,51,80H,4,10-12,15,18,20,23,25-26,29-31H2,1-3,5-9H3,(H,64,74)(H,66,75)(H,67,76)(H,68,78)(H,69,72)(H,70,79)(H3,62,65,77)/b19-13+,33-16+/t35-,40+,43+,44-,45+,49+,51+,58+,59+/m1/s1. The molecule has 0 spiro atoms. The van der Waals surface area contributed by atoms with Crippen LogP contribution in [0.4, 0.5) is 31.4 Å². The number of fused-ring (bicyclic) bond motifs is 6. The number of epoxide rings is 1. The number of primary amides is 1. The monoisotopic (exact) mass is 1260 g/mol. The Kier molecular flexibility index (Phi) is 23.7. The number of urea groups is 1. The molecule has 6 rings (SSSR count). The number of nitrogens with two attached hydrogens (primary N) is 1. The van der Waals surface area contributed by atoms with E-state index in [1.807, 2.05) is 13.0 Å². The van der Waals surface area contributed by atoms with Crippen LogP contribution in [-0.4, -0.2) is 145 Å². The normalized spacial score (nSPS) is 23.9. The van der Waals surface area contributed by atoms with Gasteiger partial charge < -0.3 is 66.0 Å². The number of carbonyl (C=O) groups excluding carboxylic acids is 8. The van der Waals surface area contributed by atoms with Crippen molar-refractivity contribution in [3.05, 3.63) is 89.1 Å². The molecule has 26 heteroatoms. The lowest BCUT2D eigenvalue weighted by Gasteiger charge is -2.42. The molecule has 24 nitrogen and oxygen atoms in total. The van der Waals surface area contributed by atoms with Crippen LogP contribution in [0.1, 0.15) is 91.5 Å². The Morgan fingerprint density at radius 3 is 2.44 bits per heavy atom. The van der Waals surface area contributed by atoms with Crippen molar-refractivity contribution in [2.75, 3.05) is 55.2 Å². The third kappa shape index (κ3) is 17.6. The number of hydrogen-bond donors (Lipinski definition) is 9. The Morgan fingerprint density at radius 1 is 1.01 bits per heavy atom. The van der Waals surface area contributed by atoms with Gasteiger partial charge in [0.1, 0.15) is 46.8 Å². The summed E-state index contributed by atoms with van der Waals surface area (Å²) in [6.07, 6.45) is 2.74. The first kappa shape index (κ1) is 66.8. The maximum Gasteiger partial charge on any atom is 0.412 e. The molecule has 0 radical (unpaired) electrons. The number of rotatable bonds is 22. The lowest BCUT2D eigenvalue weighted by atomic mass is 9.83. The number of unbranched alkanes of at least 4 members (excludes halogenated alkanes) is 2. The zero-order valence-corrected chi connectivity index (χ0v) is 51.4. The van der Waals surface area contributed by atoms with Crippen LogP contribution in [0.3, 0.4) is 0 Å². The summed E-state index contributed by atoms with van der Waals surface area (Å²) in [7, 11) is 4.40. The minimum Gasteiger partial charge on any atom is -0.495 e. The number of allylic oxidation sites excluding steroid dienone is 3. The van der Waals surface area contributed by atoms with E-state index in [1.54, 1.807) is 64.1 Å². The van der Waals surface area contributed by atoms with Crippen LogP contribution in [0.2, 0.25) is 5.02 Å². The number of hydrogen-bond acceptors (Lipinski definition) is 15. The van der Waals surface area contributed by atoms with E-state index in [-0.39, 0.29) is 71.9 Å². The van der Waals surface area contributed by atoms with Gasteiger partial charge in [0.2, 0.25) is 29.5 Å². The Balaban J connectivity index is 1.22. The number of pyridine rings is 1. The number of halogens is 2. The number of benzene rings is 2. The largest absolute Gasteiger partial charge is 0.495 e. The number of ether oxygens (including phenoxy) is 5. The van der Waals surface area contributed by atoms with Crippen molar-refractivity contribution in [2.24, 2.45) is 17.6 Å². The van der Waals surface area contributed by atoms with Crippen molar-refractivity contribution >= 4 is 103 Å². The van der Waals surface area contributed by atoms with Crippen molar-refractivity contribution in [2.45, 2.75) is 140 Å². The zero-order chi connectivity index (χ0) is 62.3. The van der Waals surface area contributed by atoms with Gasteiger partial charge in [-0.2, -0.15) is 0 Å². The van der Waals surface area contributed by atoms with Gasteiger partial charge in [0.05, 0.1) is 42.2 Å². The van der Waals surface area contributed by atoms with E-state index in [4.69, 9.17) is 41.0 Å². The van der Waals surface area contributed by atoms with Crippen molar-refractivity contribution < 1.29 is 67.1 Å². The minimum absolute atomic E-state index is 0.0384. The van der Waals surface area contributed by atoms with Crippen LogP contribution < -0.4 is 52.6 Å². The molecule has 9 amide bonds. The predicted octanol–water partition coefficient (Wildman–Crippen LogP) is 6.56. The topological polar surface area (TPSA) is 333 Å². The number of aromatic nitrogens is 1. The summed E-state index contributed by atoms with van der Waals surface area (Å²) in [4.78, 5) is 113. The van der Waals surface area contributed by atoms with Crippen LogP contribution in [-0.2, 0) is 49.3 Å². The summed E-state index contributed by atoms with van der Waals surface area (Å²) in [6, 6.07) is 6.80. The molecule has 4 heterocycles. The molecule has 0 aliphatic carbocycles. The quantitative estimate of drug-likeness (QED) is 0.0223. The molecule has 3 aliphatic rings. The maximum absolute atomic E-state index is 14.5. The molecule has 2 fully saturated rings. The van der Waals surface area contributed by atoms with Gasteiger partial charge in [0.15, 0.2) is 5.72 Å². The van der Waals surface area contributed by atoms with Crippen LogP contribution in [0.15, 0.2) is 78.5 Å². The summed E-state index contributed by atoms with van der Waals surface area (Å²) in [5, 5.41) is 31.8. The smallest absolute Gasteiger partial charge is 0.412 e. The second-order valence-electron chi connectivity index (χ2n) is 22.0. The maximum atomic E-state index is 14.5. The van der Waals surface area contributed by atoms with E-state index in [0.717, 1.165) is 11.1 Å². The highest BCUT2D eigenvalue weighted by atomic mass is 79.9. The van der Waals surface area contributed by atoms with Crippen molar-refractivity contribution in [1.29, 1.82) is 0 Å². The Hall–Kier alpha value is -7.32. The molecule has 2 saturated heterocycles. The minimum atomic E-state index is -1.91. The molecule has 1 aromatic heterocycles. The average molecular weight is 1270 g/mol.